The van der Waals surface area contributed by atoms with Crippen LogP contribution in [0.25, 0.3) is 11.2 Å². The summed E-state index contributed by atoms with van der Waals surface area (Å²) in [5.41, 5.74) is 5.56. The third-order valence-electron chi connectivity index (χ3n) is 2.59. The van der Waals surface area contributed by atoms with Gasteiger partial charge in [0.2, 0.25) is 11.7 Å². The van der Waals surface area contributed by atoms with Gasteiger partial charge in [-0.1, -0.05) is 0 Å². The van der Waals surface area contributed by atoms with Crippen molar-refractivity contribution in [3.8, 4) is 11.6 Å². The number of H-pyrrole nitrogens is 1. The molecule has 21 heavy (non-hydrogen) atoms. The fourth-order valence-electron chi connectivity index (χ4n) is 1.72. The highest BCUT2D eigenvalue weighted by Crippen LogP contribution is 2.33. The highest BCUT2D eigenvalue weighted by atomic mass is 19.1. The van der Waals surface area contributed by atoms with Crippen molar-refractivity contribution in [3.05, 3.63) is 40.5 Å². The lowest BCUT2D eigenvalue weighted by Gasteiger charge is -2.06. The first-order valence-electron chi connectivity index (χ1n) is 5.63. The molecule has 106 valence electrons. The summed E-state index contributed by atoms with van der Waals surface area (Å²) in [6.45, 7) is 0. The van der Waals surface area contributed by atoms with E-state index in [-0.39, 0.29) is 23.2 Å². The molecule has 0 aliphatic heterocycles. The SMILES string of the molecule is Nc1nc(Oc2ccc(F)cc2[N+](=O)[O-])c2[nH]cnc2n1. The first-order chi connectivity index (χ1) is 10.0. The van der Waals surface area contributed by atoms with Gasteiger partial charge in [0, 0.05) is 0 Å². The zero-order chi connectivity index (χ0) is 15.0. The summed E-state index contributed by atoms with van der Waals surface area (Å²) in [7, 11) is 0. The number of halogens is 1. The number of nitrogens with zero attached hydrogens (tertiary/aromatic N) is 4. The Morgan fingerprint density at radius 3 is 2.95 bits per heavy atom. The molecule has 0 saturated carbocycles. The van der Waals surface area contributed by atoms with E-state index < -0.39 is 16.4 Å². The van der Waals surface area contributed by atoms with Gasteiger partial charge in [0.25, 0.3) is 5.88 Å². The summed E-state index contributed by atoms with van der Waals surface area (Å²) < 4.78 is 18.5. The van der Waals surface area contributed by atoms with Gasteiger partial charge >= 0.3 is 5.69 Å². The fraction of sp³-hybridized carbons (Fsp3) is 0. The lowest BCUT2D eigenvalue weighted by Crippen LogP contribution is -2.00. The predicted molar refractivity (Wildman–Crippen MR) is 69.2 cm³/mol. The van der Waals surface area contributed by atoms with E-state index in [4.69, 9.17) is 10.5 Å². The third-order valence-corrected chi connectivity index (χ3v) is 2.59. The number of fused-ring (bicyclic) bond motifs is 1. The number of hydrogen-bond donors (Lipinski definition) is 2. The molecule has 0 aliphatic rings. The lowest BCUT2D eigenvalue weighted by molar-refractivity contribution is -0.385. The van der Waals surface area contributed by atoms with Crippen LogP contribution >= 0.6 is 0 Å². The molecule has 0 aliphatic carbocycles. The molecule has 0 radical (unpaired) electrons. The van der Waals surface area contributed by atoms with Gasteiger partial charge in [0.1, 0.15) is 11.3 Å². The maximum Gasteiger partial charge on any atom is 0.314 e. The van der Waals surface area contributed by atoms with E-state index in [1.165, 1.54) is 6.33 Å². The fourth-order valence-corrected chi connectivity index (χ4v) is 1.72. The van der Waals surface area contributed by atoms with Gasteiger partial charge in [-0.05, 0) is 12.1 Å². The molecule has 2 heterocycles. The second-order valence-electron chi connectivity index (χ2n) is 3.96. The molecule has 3 N–H and O–H groups in total. The van der Waals surface area contributed by atoms with Gasteiger partial charge in [0.15, 0.2) is 5.65 Å². The average molecular weight is 290 g/mol. The number of anilines is 1. The van der Waals surface area contributed by atoms with Crippen LogP contribution < -0.4 is 10.5 Å². The number of aromatic amines is 1. The molecule has 10 heteroatoms. The molecule has 1 aromatic carbocycles. The molecule has 0 unspecified atom stereocenters. The number of nitrogen functional groups attached to an aromatic ring is 1. The van der Waals surface area contributed by atoms with Crippen molar-refractivity contribution in [1.82, 2.24) is 19.9 Å². The van der Waals surface area contributed by atoms with Crippen LogP contribution in [0.3, 0.4) is 0 Å². The van der Waals surface area contributed by atoms with E-state index >= 15 is 0 Å². The summed E-state index contributed by atoms with van der Waals surface area (Å²) in [4.78, 5) is 24.5. The van der Waals surface area contributed by atoms with Crippen molar-refractivity contribution in [2.75, 3.05) is 5.73 Å². The van der Waals surface area contributed by atoms with Crippen molar-refractivity contribution in [2.24, 2.45) is 0 Å². The number of ether oxygens (including phenoxy) is 1. The lowest BCUT2D eigenvalue weighted by atomic mass is 10.3. The minimum absolute atomic E-state index is 0.0373. The van der Waals surface area contributed by atoms with E-state index in [1.54, 1.807) is 0 Å². The van der Waals surface area contributed by atoms with Crippen molar-refractivity contribution in [2.45, 2.75) is 0 Å². The van der Waals surface area contributed by atoms with E-state index in [2.05, 4.69) is 19.9 Å². The Bertz CT molecular complexity index is 849. The quantitative estimate of drug-likeness (QED) is 0.554. The Labute approximate surface area is 115 Å². The largest absolute Gasteiger partial charge is 0.430 e. The van der Waals surface area contributed by atoms with E-state index in [9.17, 15) is 14.5 Å². The molecule has 0 bridgehead atoms. The van der Waals surface area contributed by atoms with Crippen LogP contribution in [-0.4, -0.2) is 24.9 Å². The molecule has 0 spiro atoms. The molecular formula is C11H7FN6O3. The van der Waals surface area contributed by atoms with Crippen LogP contribution in [-0.2, 0) is 0 Å². The van der Waals surface area contributed by atoms with Crippen molar-refractivity contribution in [1.29, 1.82) is 0 Å². The molecule has 9 nitrogen and oxygen atoms in total. The monoisotopic (exact) mass is 290 g/mol. The number of benzene rings is 1. The van der Waals surface area contributed by atoms with Crippen molar-refractivity contribution in [3.63, 3.8) is 0 Å². The number of rotatable bonds is 3. The maximum atomic E-state index is 13.1. The summed E-state index contributed by atoms with van der Waals surface area (Å²) in [5.74, 6) is -1.06. The number of nitrogens with one attached hydrogen (secondary N) is 1. The molecular weight excluding hydrogens is 283 g/mol. The molecule has 0 fully saturated rings. The highest BCUT2D eigenvalue weighted by Gasteiger charge is 2.19. The van der Waals surface area contributed by atoms with E-state index in [1.807, 2.05) is 0 Å². The normalized spacial score (nSPS) is 10.7. The number of hydrogen-bond acceptors (Lipinski definition) is 7. The van der Waals surface area contributed by atoms with Gasteiger partial charge in [-0.25, -0.2) is 9.37 Å². The van der Waals surface area contributed by atoms with Gasteiger partial charge in [-0.3, -0.25) is 10.1 Å². The zero-order valence-corrected chi connectivity index (χ0v) is 10.3. The molecule has 0 amide bonds. The third kappa shape index (κ3) is 2.29. The van der Waals surface area contributed by atoms with Crippen LogP contribution in [0.5, 0.6) is 11.6 Å². The second-order valence-corrected chi connectivity index (χ2v) is 3.96. The average Bonchev–Trinajstić information content (AvgIpc) is 2.88. The minimum atomic E-state index is -0.757. The molecule has 0 atom stereocenters. The van der Waals surface area contributed by atoms with Crippen LogP contribution in [0.1, 0.15) is 0 Å². The minimum Gasteiger partial charge on any atom is -0.430 e. The smallest absolute Gasteiger partial charge is 0.314 e. The van der Waals surface area contributed by atoms with Crippen LogP contribution in [0.15, 0.2) is 24.5 Å². The van der Waals surface area contributed by atoms with Crippen molar-refractivity contribution >= 4 is 22.8 Å². The van der Waals surface area contributed by atoms with E-state index in [0.29, 0.717) is 5.52 Å². The summed E-state index contributed by atoms with van der Waals surface area (Å²) >= 11 is 0. The molecule has 3 aromatic rings. The molecule has 0 saturated heterocycles. The number of nitrogens with two attached hydrogens (primary N) is 1. The topological polar surface area (TPSA) is 133 Å². The van der Waals surface area contributed by atoms with Gasteiger partial charge in [0.05, 0.1) is 17.3 Å². The van der Waals surface area contributed by atoms with Crippen LogP contribution in [0.4, 0.5) is 16.0 Å². The Morgan fingerprint density at radius 2 is 2.19 bits per heavy atom. The van der Waals surface area contributed by atoms with E-state index in [0.717, 1.165) is 18.2 Å². The predicted octanol–water partition coefficient (Wildman–Crippen LogP) is 1.77. The zero-order valence-electron chi connectivity index (χ0n) is 10.3. The Hall–Kier alpha value is -3.30. The Morgan fingerprint density at radius 1 is 1.38 bits per heavy atom. The maximum absolute atomic E-state index is 13.1. The highest BCUT2D eigenvalue weighted by molar-refractivity contribution is 5.77. The first kappa shape index (κ1) is 12.7. The van der Waals surface area contributed by atoms with Crippen LogP contribution in [0, 0.1) is 15.9 Å². The number of aromatic nitrogens is 4. The standard InChI is InChI=1S/C11H7FN6O3/c12-5-1-2-7(6(3-5)18(19)20)21-10-8-9(15-4-14-8)16-11(13)17-10/h1-4H,(H3,13,14,15,16,17). The summed E-state index contributed by atoms with van der Waals surface area (Å²) in [5, 5.41) is 10.9. The van der Waals surface area contributed by atoms with Gasteiger partial charge in [-0.2, -0.15) is 9.97 Å². The summed E-state index contributed by atoms with van der Waals surface area (Å²) in [6.07, 6.45) is 1.35. The Kier molecular flexibility index (Phi) is 2.83. The van der Waals surface area contributed by atoms with Gasteiger partial charge < -0.3 is 15.5 Å². The second kappa shape index (κ2) is 4.67. The van der Waals surface area contributed by atoms with Gasteiger partial charge in [-0.15, -0.1) is 0 Å². The summed E-state index contributed by atoms with van der Waals surface area (Å²) in [6, 6.07) is 2.93. The number of nitro groups is 1. The van der Waals surface area contributed by atoms with Crippen LogP contribution in [0.2, 0.25) is 0 Å². The molecule has 2 aromatic heterocycles. The molecule has 3 rings (SSSR count). The first-order valence-corrected chi connectivity index (χ1v) is 5.63. The Balaban J connectivity index is 2.10. The number of nitro benzene ring substituents is 1. The number of imidazole rings is 1. The van der Waals surface area contributed by atoms with Crippen molar-refractivity contribution < 1.29 is 14.1 Å².